The lowest BCUT2D eigenvalue weighted by molar-refractivity contribution is -0.394. The zero-order valence-corrected chi connectivity index (χ0v) is 20.7. The number of hydrogen-bond donors (Lipinski definition) is 0. The van der Waals surface area contributed by atoms with Crippen LogP contribution in [0.15, 0.2) is 41.3 Å². The Bertz CT molecular complexity index is 1310. The third kappa shape index (κ3) is 6.61. The van der Waals surface area contributed by atoms with Crippen molar-refractivity contribution in [3.05, 3.63) is 67.1 Å². The summed E-state index contributed by atoms with van der Waals surface area (Å²) in [5.74, 6) is -1.35. The molecule has 13 nitrogen and oxygen atoms in total. The highest BCUT2D eigenvalue weighted by molar-refractivity contribution is 8.18. The summed E-state index contributed by atoms with van der Waals surface area (Å²) in [7, 11) is 0. The first kappa shape index (κ1) is 27.1. The SMILES string of the molecule is CCOc1cc(/C=C2\SC(=O)N(CC(=O)OC(C)C)C2=O)ccc1Oc1ccc([N+](=O)[O-])cc1[N+](=O)[O-]. The lowest BCUT2D eigenvalue weighted by Gasteiger charge is -2.13. The summed E-state index contributed by atoms with van der Waals surface area (Å²) in [5.41, 5.74) is -0.625. The molecule has 2 aromatic rings. The largest absolute Gasteiger partial charge is 0.490 e. The molecule has 37 heavy (non-hydrogen) atoms. The average Bonchev–Trinajstić information content (AvgIpc) is 3.07. The maximum Gasteiger partial charge on any atom is 0.326 e. The van der Waals surface area contributed by atoms with Crippen LogP contribution in [-0.4, -0.2) is 51.1 Å². The van der Waals surface area contributed by atoms with E-state index in [-0.39, 0.29) is 28.8 Å². The van der Waals surface area contributed by atoms with Crippen molar-refractivity contribution in [2.75, 3.05) is 13.2 Å². The van der Waals surface area contributed by atoms with Crippen molar-refractivity contribution in [1.82, 2.24) is 4.90 Å². The molecule has 0 unspecified atom stereocenters. The molecule has 0 aromatic heterocycles. The standard InChI is InChI=1S/C23H21N3O10S/c1-4-34-19-9-14(10-20-22(28)24(23(29)37-20)12-21(27)35-13(2)3)5-7-18(19)36-17-8-6-15(25(30)31)11-16(17)26(32)33/h5-11,13H,4,12H2,1-3H3/b20-10-. The summed E-state index contributed by atoms with van der Waals surface area (Å²) < 4.78 is 16.2. The van der Waals surface area contributed by atoms with Gasteiger partial charge in [0, 0.05) is 6.07 Å². The van der Waals surface area contributed by atoms with Crippen molar-refractivity contribution >= 4 is 46.3 Å². The summed E-state index contributed by atoms with van der Waals surface area (Å²) in [5, 5.41) is 21.8. The minimum Gasteiger partial charge on any atom is -0.490 e. The van der Waals surface area contributed by atoms with Crippen LogP contribution in [0, 0.1) is 20.2 Å². The minimum atomic E-state index is -0.801. The number of carbonyl (C=O) groups is 3. The smallest absolute Gasteiger partial charge is 0.326 e. The number of imide groups is 1. The highest BCUT2D eigenvalue weighted by atomic mass is 32.2. The van der Waals surface area contributed by atoms with E-state index >= 15 is 0 Å². The van der Waals surface area contributed by atoms with Crippen LogP contribution in [0.2, 0.25) is 0 Å². The van der Waals surface area contributed by atoms with Gasteiger partial charge in [-0.2, -0.15) is 0 Å². The zero-order chi connectivity index (χ0) is 27.3. The zero-order valence-electron chi connectivity index (χ0n) is 19.9. The van der Waals surface area contributed by atoms with Crippen LogP contribution < -0.4 is 9.47 Å². The van der Waals surface area contributed by atoms with Crippen LogP contribution in [0.3, 0.4) is 0 Å². The van der Waals surface area contributed by atoms with Crippen molar-refractivity contribution in [2.45, 2.75) is 26.9 Å². The number of rotatable bonds is 10. The number of benzene rings is 2. The third-order valence-electron chi connectivity index (χ3n) is 4.66. The molecule has 1 aliphatic heterocycles. The number of nitro benzene ring substituents is 2. The topological polar surface area (TPSA) is 168 Å². The molecule has 0 bridgehead atoms. The summed E-state index contributed by atoms with van der Waals surface area (Å²) in [6.45, 7) is 4.69. The van der Waals surface area contributed by atoms with E-state index in [4.69, 9.17) is 14.2 Å². The van der Waals surface area contributed by atoms with Crippen molar-refractivity contribution in [1.29, 1.82) is 0 Å². The molecule has 1 aliphatic rings. The Kier molecular flexibility index (Phi) is 8.45. The van der Waals surface area contributed by atoms with E-state index in [9.17, 15) is 34.6 Å². The van der Waals surface area contributed by atoms with Crippen molar-refractivity contribution in [2.24, 2.45) is 0 Å². The molecule has 0 atom stereocenters. The summed E-state index contributed by atoms with van der Waals surface area (Å²) >= 11 is 0.661. The van der Waals surface area contributed by atoms with Gasteiger partial charge in [0.25, 0.3) is 16.8 Å². The van der Waals surface area contributed by atoms with Gasteiger partial charge in [-0.3, -0.25) is 39.5 Å². The monoisotopic (exact) mass is 531 g/mol. The fourth-order valence-electron chi connectivity index (χ4n) is 3.15. The fourth-order valence-corrected chi connectivity index (χ4v) is 3.99. The van der Waals surface area contributed by atoms with Gasteiger partial charge in [-0.25, -0.2) is 0 Å². The summed E-state index contributed by atoms with van der Waals surface area (Å²) in [6.07, 6.45) is 1.03. The predicted octanol–water partition coefficient (Wildman–Crippen LogP) is 4.68. The Balaban J connectivity index is 1.87. The van der Waals surface area contributed by atoms with Gasteiger partial charge in [0.2, 0.25) is 5.75 Å². The number of hydrogen-bond acceptors (Lipinski definition) is 11. The molecular weight excluding hydrogens is 510 g/mol. The maximum absolute atomic E-state index is 12.7. The number of ether oxygens (including phenoxy) is 3. The van der Waals surface area contributed by atoms with E-state index in [1.807, 2.05) is 0 Å². The Morgan fingerprint density at radius 3 is 2.38 bits per heavy atom. The van der Waals surface area contributed by atoms with Crippen LogP contribution in [0.1, 0.15) is 26.3 Å². The molecular formula is C23H21N3O10S. The molecule has 0 N–H and O–H groups in total. The first-order chi connectivity index (χ1) is 17.5. The number of esters is 1. The van der Waals surface area contributed by atoms with Gasteiger partial charge in [0.15, 0.2) is 11.5 Å². The van der Waals surface area contributed by atoms with Crippen molar-refractivity contribution in [3.8, 4) is 17.2 Å². The Morgan fingerprint density at radius 2 is 1.76 bits per heavy atom. The molecule has 0 saturated carbocycles. The van der Waals surface area contributed by atoms with Crippen LogP contribution >= 0.6 is 11.8 Å². The number of nitro groups is 2. The average molecular weight is 531 g/mol. The van der Waals surface area contributed by atoms with Crippen LogP contribution in [0.4, 0.5) is 16.2 Å². The van der Waals surface area contributed by atoms with Gasteiger partial charge < -0.3 is 14.2 Å². The van der Waals surface area contributed by atoms with Gasteiger partial charge in [-0.05, 0) is 62.4 Å². The minimum absolute atomic E-state index is 0.0736. The number of amides is 2. The highest BCUT2D eigenvalue weighted by Crippen LogP contribution is 2.39. The summed E-state index contributed by atoms with van der Waals surface area (Å²) in [4.78, 5) is 58.5. The number of carbonyl (C=O) groups excluding carboxylic acids is 3. The van der Waals surface area contributed by atoms with E-state index < -0.39 is 51.0 Å². The highest BCUT2D eigenvalue weighted by Gasteiger charge is 2.37. The second-order valence-corrected chi connectivity index (χ2v) is 8.71. The number of nitrogens with zero attached hydrogens (tertiary/aromatic N) is 3. The lowest BCUT2D eigenvalue weighted by Crippen LogP contribution is -2.35. The molecule has 0 aliphatic carbocycles. The van der Waals surface area contributed by atoms with Gasteiger partial charge in [0.1, 0.15) is 6.54 Å². The van der Waals surface area contributed by atoms with Gasteiger partial charge in [-0.15, -0.1) is 0 Å². The Labute approximate surface area is 214 Å². The molecule has 3 rings (SSSR count). The van der Waals surface area contributed by atoms with Crippen LogP contribution in [0.5, 0.6) is 17.2 Å². The third-order valence-corrected chi connectivity index (χ3v) is 5.57. The first-order valence-electron chi connectivity index (χ1n) is 10.8. The van der Waals surface area contributed by atoms with E-state index in [0.29, 0.717) is 17.3 Å². The van der Waals surface area contributed by atoms with E-state index in [2.05, 4.69) is 0 Å². The van der Waals surface area contributed by atoms with Crippen LogP contribution in [0.25, 0.3) is 6.08 Å². The molecule has 14 heteroatoms. The molecule has 0 radical (unpaired) electrons. The van der Waals surface area contributed by atoms with Gasteiger partial charge >= 0.3 is 11.7 Å². The molecule has 1 saturated heterocycles. The second kappa shape index (κ2) is 11.5. The number of non-ortho nitro benzene ring substituents is 1. The first-order valence-corrected chi connectivity index (χ1v) is 11.6. The van der Waals surface area contributed by atoms with Crippen molar-refractivity contribution < 1.29 is 38.4 Å². The van der Waals surface area contributed by atoms with Gasteiger partial charge in [0.05, 0.1) is 33.5 Å². The van der Waals surface area contributed by atoms with Gasteiger partial charge in [-0.1, -0.05) is 6.07 Å². The van der Waals surface area contributed by atoms with Crippen molar-refractivity contribution in [3.63, 3.8) is 0 Å². The number of thioether (sulfide) groups is 1. The maximum atomic E-state index is 12.7. The van der Waals surface area contributed by atoms with E-state index in [0.717, 1.165) is 23.1 Å². The normalized spacial score (nSPS) is 14.3. The van der Waals surface area contributed by atoms with Crippen LogP contribution in [-0.2, 0) is 14.3 Å². The predicted molar refractivity (Wildman–Crippen MR) is 131 cm³/mol. The quantitative estimate of drug-likeness (QED) is 0.180. The molecule has 1 fully saturated rings. The Hall–Kier alpha value is -4.46. The molecule has 2 aromatic carbocycles. The molecule has 1 heterocycles. The molecule has 194 valence electrons. The van der Waals surface area contributed by atoms with E-state index in [1.54, 1.807) is 20.8 Å². The lowest BCUT2D eigenvalue weighted by atomic mass is 10.1. The van der Waals surface area contributed by atoms with E-state index in [1.165, 1.54) is 24.3 Å². The fraction of sp³-hybridized carbons (Fsp3) is 0.261. The second-order valence-electron chi connectivity index (χ2n) is 7.71. The molecule has 2 amide bonds. The summed E-state index contributed by atoms with van der Waals surface area (Å²) in [6, 6.07) is 7.43. The molecule has 0 spiro atoms. The Morgan fingerprint density at radius 1 is 1.05 bits per heavy atom.